The third-order valence-electron chi connectivity index (χ3n) is 6.42. The van der Waals surface area contributed by atoms with Gasteiger partial charge < -0.3 is 10.6 Å². The standard InChI is InChI=1S/C18H32N2O.ClH/c19-13-15-7-5-8-16(15)17(21)20-12-6-11-18(14-20)9-3-1-2-4-10-18;/h15-16H,1-14,19H2;1H/t15-,16-;/m1./s1. The lowest BCUT2D eigenvalue weighted by Gasteiger charge is -2.44. The van der Waals surface area contributed by atoms with Crippen LogP contribution >= 0.6 is 12.4 Å². The molecule has 3 fully saturated rings. The van der Waals surface area contributed by atoms with Crippen LogP contribution in [0.4, 0.5) is 0 Å². The number of carbonyl (C=O) groups excluding carboxylic acids is 1. The molecular formula is C18H33ClN2O. The highest BCUT2D eigenvalue weighted by molar-refractivity contribution is 5.85. The van der Waals surface area contributed by atoms with Crippen molar-refractivity contribution in [3.63, 3.8) is 0 Å². The largest absolute Gasteiger partial charge is 0.342 e. The first-order valence-corrected chi connectivity index (χ1v) is 9.23. The highest BCUT2D eigenvalue weighted by Gasteiger charge is 2.41. The lowest BCUT2D eigenvalue weighted by atomic mass is 9.73. The number of nitrogens with zero attached hydrogens (tertiary/aromatic N) is 1. The molecular weight excluding hydrogens is 296 g/mol. The molecule has 0 radical (unpaired) electrons. The van der Waals surface area contributed by atoms with Crippen LogP contribution in [-0.4, -0.2) is 30.4 Å². The summed E-state index contributed by atoms with van der Waals surface area (Å²) in [6.45, 7) is 2.73. The van der Waals surface area contributed by atoms with E-state index in [0.29, 0.717) is 23.8 Å². The Kier molecular flexibility index (Phi) is 6.58. The lowest BCUT2D eigenvalue weighted by Crippen LogP contribution is -2.49. The summed E-state index contributed by atoms with van der Waals surface area (Å²) < 4.78 is 0. The first-order valence-electron chi connectivity index (χ1n) is 9.23. The fourth-order valence-electron chi connectivity index (χ4n) is 5.16. The molecule has 3 aliphatic rings. The van der Waals surface area contributed by atoms with Crippen LogP contribution in [0.5, 0.6) is 0 Å². The molecule has 1 heterocycles. The molecule has 128 valence electrons. The van der Waals surface area contributed by atoms with Gasteiger partial charge in [-0.15, -0.1) is 12.4 Å². The topological polar surface area (TPSA) is 46.3 Å². The average Bonchev–Trinajstić information content (AvgIpc) is 2.88. The van der Waals surface area contributed by atoms with Crippen molar-refractivity contribution in [2.75, 3.05) is 19.6 Å². The van der Waals surface area contributed by atoms with Gasteiger partial charge in [-0.1, -0.05) is 32.1 Å². The van der Waals surface area contributed by atoms with Crippen molar-refractivity contribution in [2.45, 2.75) is 70.6 Å². The molecule has 1 aliphatic heterocycles. The zero-order valence-electron chi connectivity index (χ0n) is 13.9. The highest BCUT2D eigenvalue weighted by Crippen LogP contribution is 2.43. The molecule has 3 nitrogen and oxygen atoms in total. The summed E-state index contributed by atoms with van der Waals surface area (Å²) in [6, 6.07) is 0. The van der Waals surface area contributed by atoms with Crippen LogP contribution in [0.15, 0.2) is 0 Å². The van der Waals surface area contributed by atoms with Gasteiger partial charge in [0, 0.05) is 19.0 Å². The molecule has 1 saturated heterocycles. The zero-order chi connectivity index (χ0) is 14.7. The van der Waals surface area contributed by atoms with E-state index in [1.807, 2.05) is 0 Å². The number of rotatable bonds is 2. The van der Waals surface area contributed by atoms with Crippen molar-refractivity contribution < 1.29 is 4.79 Å². The fraction of sp³-hybridized carbons (Fsp3) is 0.944. The number of amides is 1. The molecule has 0 unspecified atom stereocenters. The van der Waals surface area contributed by atoms with E-state index in [4.69, 9.17) is 5.73 Å². The summed E-state index contributed by atoms with van der Waals surface area (Å²) >= 11 is 0. The van der Waals surface area contributed by atoms with Gasteiger partial charge in [-0.05, 0) is 56.4 Å². The number of nitrogens with two attached hydrogens (primary N) is 1. The van der Waals surface area contributed by atoms with Crippen molar-refractivity contribution in [3.8, 4) is 0 Å². The number of halogens is 1. The van der Waals surface area contributed by atoms with Gasteiger partial charge in [0.05, 0.1) is 0 Å². The van der Waals surface area contributed by atoms with Gasteiger partial charge in [-0.2, -0.15) is 0 Å². The minimum Gasteiger partial charge on any atom is -0.342 e. The van der Waals surface area contributed by atoms with Gasteiger partial charge in [-0.25, -0.2) is 0 Å². The summed E-state index contributed by atoms with van der Waals surface area (Å²) in [5.41, 5.74) is 6.34. The van der Waals surface area contributed by atoms with Crippen molar-refractivity contribution in [3.05, 3.63) is 0 Å². The van der Waals surface area contributed by atoms with Gasteiger partial charge in [0.1, 0.15) is 0 Å². The predicted molar refractivity (Wildman–Crippen MR) is 93.1 cm³/mol. The van der Waals surface area contributed by atoms with Crippen molar-refractivity contribution in [2.24, 2.45) is 23.0 Å². The van der Waals surface area contributed by atoms with Crippen molar-refractivity contribution in [1.29, 1.82) is 0 Å². The summed E-state index contributed by atoms with van der Waals surface area (Å²) in [5.74, 6) is 1.12. The zero-order valence-corrected chi connectivity index (χ0v) is 14.7. The van der Waals surface area contributed by atoms with Crippen molar-refractivity contribution in [1.82, 2.24) is 4.90 Å². The third kappa shape index (κ3) is 3.79. The molecule has 4 heteroatoms. The van der Waals surface area contributed by atoms with E-state index in [-0.39, 0.29) is 18.3 Å². The quantitative estimate of drug-likeness (QED) is 0.839. The van der Waals surface area contributed by atoms with Gasteiger partial charge in [0.15, 0.2) is 0 Å². The average molecular weight is 329 g/mol. The third-order valence-corrected chi connectivity index (χ3v) is 6.42. The number of hydrogen-bond acceptors (Lipinski definition) is 2. The van der Waals surface area contributed by atoms with Gasteiger partial charge in [0.2, 0.25) is 5.91 Å². The Morgan fingerprint density at radius 3 is 2.36 bits per heavy atom. The second-order valence-electron chi connectivity index (χ2n) is 7.81. The van der Waals surface area contributed by atoms with E-state index < -0.39 is 0 Å². The Labute approximate surface area is 141 Å². The van der Waals surface area contributed by atoms with Crippen molar-refractivity contribution >= 4 is 18.3 Å². The second kappa shape index (κ2) is 8.01. The second-order valence-corrected chi connectivity index (χ2v) is 7.81. The Balaban J connectivity index is 0.00000176. The summed E-state index contributed by atoms with van der Waals surface area (Å²) in [4.78, 5) is 15.2. The lowest BCUT2D eigenvalue weighted by molar-refractivity contribution is -0.140. The van der Waals surface area contributed by atoms with Crippen LogP contribution in [0.2, 0.25) is 0 Å². The molecule has 2 N–H and O–H groups in total. The molecule has 2 atom stereocenters. The molecule has 2 saturated carbocycles. The Morgan fingerprint density at radius 1 is 1.00 bits per heavy atom. The smallest absolute Gasteiger partial charge is 0.226 e. The van der Waals surface area contributed by atoms with Crippen LogP contribution < -0.4 is 5.73 Å². The first-order chi connectivity index (χ1) is 10.2. The summed E-state index contributed by atoms with van der Waals surface area (Å²) in [7, 11) is 0. The molecule has 0 aromatic heterocycles. The maximum absolute atomic E-state index is 13.0. The van der Waals surface area contributed by atoms with Crippen LogP contribution in [0.25, 0.3) is 0 Å². The summed E-state index contributed by atoms with van der Waals surface area (Å²) in [5, 5.41) is 0. The molecule has 1 spiro atoms. The van der Waals surface area contributed by atoms with E-state index in [1.54, 1.807) is 0 Å². The molecule has 22 heavy (non-hydrogen) atoms. The maximum Gasteiger partial charge on any atom is 0.226 e. The molecule has 3 rings (SSSR count). The SMILES string of the molecule is Cl.NC[C@H]1CCC[C@H]1C(=O)N1CCCC2(CCCCCC2)C1. The minimum absolute atomic E-state index is 0. The molecule has 0 aromatic carbocycles. The Hall–Kier alpha value is -0.280. The van der Waals surface area contributed by atoms with Crippen LogP contribution in [0.3, 0.4) is 0 Å². The Morgan fingerprint density at radius 2 is 1.68 bits per heavy atom. The number of likely N-dealkylation sites (tertiary alicyclic amines) is 1. The fourth-order valence-corrected chi connectivity index (χ4v) is 5.16. The van der Waals surface area contributed by atoms with E-state index >= 15 is 0 Å². The maximum atomic E-state index is 13.0. The molecule has 0 bridgehead atoms. The number of carbonyl (C=O) groups is 1. The van der Waals surface area contributed by atoms with Crippen LogP contribution in [0, 0.1) is 17.3 Å². The summed E-state index contributed by atoms with van der Waals surface area (Å²) in [6.07, 6.45) is 14.2. The normalized spacial score (nSPS) is 31.6. The Bertz CT molecular complexity index is 366. The van der Waals surface area contributed by atoms with E-state index in [1.165, 1.54) is 57.8 Å². The van der Waals surface area contributed by atoms with Crippen LogP contribution in [-0.2, 0) is 4.79 Å². The van der Waals surface area contributed by atoms with Gasteiger partial charge in [0.25, 0.3) is 0 Å². The minimum atomic E-state index is 0. The van der Waals surface area contributed by atoms with Gasteiger partial charge >= 0.3 is 0 Å². The highest BCUT2D eigenvalue weighted by atomic mass is 35.5. The predicted octanol–water partition coefficient (Wildman–Crippen LogP) is 3.75. The molecule has 0 aromatic rings. The van der Waals surface area contributed by atoms with E-state index in [2.05, 4.69) is 4.90 Å². The van der Waals surface area contributed by atoms with E-state index in [0.717, 1.165) is 25.9 Å². The van der Waals surface area contributed by atoms with Gasteiger partial charge in [-0.3, -0.25) is 4.79 Å². The van der Waals surface area contributed by atoms with E-state index in [9.17, 15) is 4.79 Å². The number of hydrogen-bond donors (Lipinski definition) is 1. The van der Waals surface area contributed by atoms with Crippen LogP contribution in [0.1, 0.15) is 70.6 Å². The molecule has 2 aliphatic carbocycles. The monoisotopic (exact) mass is 328 g/mol. The number of piperidine rings is 1. The first kappa shape index (κ1) is 18.1. The molecule has 1 amide bonds.